The van der Waals surface area contributed by atoms with Gasteiger partial charge in [-0.2, -0.15) is 0 Å². The van der Waals surface area contributed by atoms with Crippen molar-refractivity contribution in [1.29, 1.82) is 0 Å². The molecule has 14 heteroatoms. The summed E-state index contributed by atoms with van der Waals surface area (Å²) in [5, 5.41) is 33.7. The van der Waals surface area contributed by atoms with Crippen LogP contribution >= 0.6 is 23.5 Å². The number of phenolic OH excluding ortho intramolecular Hbond substituents is 2. The number of rotatable bonds is 12. The molecule has 2 unspecified atom stereocenters. The van der Waals surface area contributed by atoms with Gasteiger partial charge in [0.2, 0.25) is 0 Å². The van der Waals surface area contributed by atoms with Gasteiger partial charge in [-0.1, -0.05) is 62.4 Å². The zero-order chi connectivity index (χ0) is 35.5. The van der Waals surface area contributed by atoms with E-state index in [9.17, 15) is 19.8 Å². The Morgan fingerprint density at radius 3 is 1.54 bits per heavy atom. The van der Waals surface area contributed by atoms with Gasteiger partial charge in [-0.25, -0.2) is 10.0 Å². The largest absolute Gasteiger partial charge is 0.504 e. The Hall–Kier alpha value is -5.08. The van der Waals surface area contributed by atoms with Gasteiger partial charge in [0.25, 0.3) is 11.8 Å². The van der Waals surface area contributed by atoms with Crippen LogP contribution in [-0.2, 0) is 9.59 Å². The van der Waals surface area contributed by atoms with Crippen molar-refractivity contribution in [2.24, 2.45) is 0 Å². The average Bonchev–Trinajstić information content (AvgIpc) is 3.63. The third-order valence-electron chi connectivity index (χ3n) is 8.76. The molecule has 2 aliphatic rings. The van der Waals surface area contributed by atoms with Gasteiger partial charge in [0.15, 0.2) is 34.6 Å². The Bertz CT molecular complexity index is 1850. The van der Waals surface area contributed by atoms with Crippen molar-refractivity contribution in [2.45, 2.75) is 36.4 Å². The number of benzene rings is 3. The van der Waals surface area contributed by atoms with Crippen molar-refractivity contribution in [2.75, 3.05) is 36.6 Å². The van der Waals surface area contributed by atoms with Crippen LogP contribution in [0.3, 0.4) is 0 Å². The maximum Gasteiger partial charge on any atom is 0.252 e. The van der Waals surface area contributed by atoms with Gasteiger partial charge in [-0.15, -0.1) is 33.7 Å². The van der Waals surface area contributed by atoms with E-state index in [2.05, 4.69) is 21.0 Å². The molecule has 3 aromatic carbocycles. The minimum Gasteiger partial charge on any atom is -0.504 e. The van der Waals surface area contributed by atoms with Crippen molar-refractivity contribution in [1.82, 2.24) is 20.2 Å². The zero-order valence-corrected chi connectivity index (χ0v) is 29.7. The Morgan fingerprint density at radius 1 is 0.740 bits per heavy atom. The summed E-state index contributed by atoms with van der Waals surface area (Å²) in [7, 11) is 2.99. The highest BCUT2D eigenvalue weighted by Gasteiger charge is 2.45. The number of phenols is 2. The number of hydrogen-bond acceptors (Lipinski definition) is 12. The van der Waals surface area contributed by atoms with Gasteiger partial charge in [-0.3, -0.25) is 20.4 Å². The number of methoxy groups -OCH3 is 2. The average molecular weight is 715 g/mol. The molecule has 2 amide bonds. The summed E-state index contributed by atoms with van der Waals surface area (Å²) in [5.74, 6) is 1.93. The number of aromatic hydroxyl groups is 2. The molecular formula is C36H38N6O6S2. The first-order valence-electron chi connectivity index (χ1n) is 16.0. The Balaban J connectivity index is 1.29. The van der Waals surface area contributed by atoms with E-state index in [-0.39, 0.29) is 34.8 Å². The summed E-state index contributed by atoms with van der Waals surface area (Å²) in [6.45, 7) is 4.02. The van der Waals surface area contributed by atoms with Crippen LogP contribution in [0.1, 0.15) is 37.8 Å². The van der Waals surface area contributed by atoms with Gasteiger partial charge in [-0.05, 0) is 60.4 Å². The number of carbonyl (C=O) groups excluding carboxylic acids is 2. The number of nitrogens with one attached hydrogen (secondary N) is 2. The van der Waals surface area contributed by atoms with E-state index >= 15 is 0 Å². The standard InChI is InChI=1S/C36H38N6O6S2/c1-5-35(17-15-23-11-13-27(43)29(19-23)47-3)41(31(45)21-49-35)39-33-25-9-7-8-10-26(25)34(38-37-33)40-42-32(46)22-50-36(42,6-2)18-16-24-12-14-28(44)30(20-24)48-4/h7-20,43-44H,5-6,21-22H2,1-4H3,(H,37,39)(H,38,40)/b17-15+,18-16+. The number of carbonyl (C=O) groups is 2. The second kappa shape index (κ2) is 14.4. The highest BCUT2D eigenvalue weighted by atomic mass is 32.2. The van der Waals surface area contributed by atoms with Crippen LogP contribution in [0, 0.1) is 0 Å². The van der Waals surface area contributed by atoms with E-state index in [0.29, 0.717) is 46.7 Å². The lowest BCUT2D eigenvalue weighted by Gasteiger charge is -2.35. The van der Waals surface area contributed by atoms with Crippen LogP contribution in [0.2, 0.25) is 0 Å². The maximum absolute atomic E-state index is 13.3. The molecule has 50 heavy (non-hydrogen) atoms. The molecule has 260 valence electrons. The molecular weight excluding hydrogens is 677 g/mol. The normalized spacial score (nSPS) is 20.8. The quantitative estimate of drug-likeness (QED) is 0.127. The lowest BCUT2D eigenvalue weighted by Crippen LogP contribution is -2.47. The second-order valence-corrected chi connectivity index (χ2v) is 14.2. The molecule has 2 atom stereocenters. The third-order valence-corrected chi connectivity index (χ3v) is 11.8. The number of anilines is 2. The van der Waals surface area contributed by atoms with Crippen LogP contribution in [0.4, 0.5) is 11.6 Å². The van der Waals surface area contributed by atoms with E-state index in [0.717, 1.165) is 11.1 Å². The number of hydrazine groups is 2. The summed E-state index contributed by atoms with van der Waals surface area (Å²) in [6.07, 6.45) is 8.95. The van der Waals surface area contributed by atoms with E-state index in [4.69, 9.17) is 9.47 Å². The van der Waals surface area contributed by atoms with Crippen LogP contribution in [0.15, 0.2) is 72.8 Å². The van der Waals surface area contributed by atoms with Crippen LogP contribution < -0.4 is 20.3 Å². The molecule has 0 radical (unpaired) electrons. The minimum absolute atomic E-state index is 0.0479. The van der Waals surface area contributed by atoms with E-state index in [1.807, 2.05) is 62.4 Å². The first-order valence-corrected chi connectivity index (χ1v) is 18.0. The number of amides is 2. The smallest absolute Gasteiger partial charge is 0.252 e. The maximum atomic E-state index is 13.3. The molecule has 2 saturated heterocycles. The Kier molecular flexibility index (Phi) is 10.0. The summed E-state index contributed by atoms with van der Waals surface area (Å²) in [5.41, 5.74) is 8.17. The number of thioether (sulfide) groups is 2. The molecule has 2 aliphatic heterocycles. The molecule has 3 heterocycles. The van der Waals surface area contributed by atoms with Crippen molar-refractivity contribution in [3.8, 4) is 23.0 Å². The van der Waals surface area contributed by atoms with Gasteiger partial charge in [0.1, 0.15) is 9.74 Å². The molecule has 0 aliphatic carbocycles. The second-order valence-electron chi connectivity index (χ2n) is 11.6. The number of aromatic nitrogens is 2. The van der Waals surface area contributed by atoms with E-state index in [1.165, 1.54) is 37.7 Å². The Labute approximate surface area is 298 Å². The zero-order valence-electron chi connectivity index (χ0n) is 28.0. The van der Waals surface area contributed by atoms with Crippen molar-refractivity contribution in [3.63, 3.8) is 0 Å². The number of ether oxygens (including phenoxy) is 2. The predicted molar refractivity (Wildman–Crippen MR) is 199 cm³/mol. The fourth-order valence-electron chi connectivity index (χ4n) is 5.90. The molecule has 0 bridgehead atoms. The molecule has 1 aromatic heterocycles. The van der Waals surface area contributed by atoms with E-state index < -0.39 is 9.74 Å². The minimum atomic E-state index is -0.727. The Morgan fingerprint density at radius 2 is 1.16 bits per heavy atom. The van der Waals surface area contributed by atoms with Gasteiger partial charge in [0.05, 0.1) is 25.7 Å². The number of nitrogens with zero attached hydrogens (tertiary/aromatic N) is 4. The molecule has 12 nitrogen and oxygen atoms in total. The molecule has 0 spiro atoms. The summed E-state index contributed by atoms with van der Waals surface area (Å²) >= 11 is 3.02. The number of fused-ring (bicyclic) bond motifs is 1. The highest BCUT2D eigenvalue weighted by molar-refractivity contribution is 8.02. The van der Waals surface area contributed by atoms with E-state index in [1.54, 1.807) is 46.4 Å². The fraction of sp³-hybridized carbons (Fsp3) is 0.278. The molecule has 4 aromatic rings. The monoisotopic (exact) mass is 714 g/mol. The lowest BCUT2D eigenvalue weighted by molar-refractivity contribution is -0.128. The SMILES string of the molecule is CCC1(/C=C/c2ccc(O)c(OC)c2)SCC(=O)N1Nc1nnc(NN2C(=O)CSC2(/C=C/c2ccc(O)c(OC)c2)CC)c2ccccc12. The number of hydrogen-bond donors (Lipinski definition) is 4. The molecule has 6 rings (SSSR count). The lowest BCUT2D eigenvalue weighted by atomic mass is 10.1. The van der Waals surface area contributed by atoms with Gasteiger partial charge < -0.3 is 19.7 Å². The van der Waals surface area contributed by atoms with Gasteiger partial charge >= 0.3 is 0 Å². The highest BCUT2D eigenvalue weighted by Crippen LogP contribution is 2.44. The van der Waals surface area contributed by atoms with Crippen molar-refractivity contribution >= 4 is 69.9 Å². The summed E-state index contributed by atoms with van der Waals surface area (Å²) < 4.78 is 10.5. The summed E-state index contributed by atoms with van der Waals surface area (Å²) in [6, 6.07) is 17.7. The molecule has 0 saturated carbocycles. The predicted octanol–water partition coefficient (Wildman–Crippen LogP) is 6.50. The first kappa shape index (κ1) is 34.8. The van der Waals surface area contributed by atoms with Crippen LogP contribution in [0.25, 0.3) is 22.9 Å². The molecule has 2 fully saturated rings. The van der Waals surface area contributed by atoms with Crippen LogP contribution in [0.5, 0.6) is 23.0 Å². The van der Waals surface area contributed by atoms with Crippen LogP contribution in [-0.4, -0.2) is 77.7 Å². The van der Waals surface area contributed by atoms with Gasteiger partial charge in [0, 0.05) is 10.8 Å². The van der Waals surface area contributed by atoms with Crippen molar-refractivity contribution in [3.05, 3.63) is 83.9 Å². The first-order chi connectivity index (χ1) is 24.2. The fourth-order valence-corrected chi connectivity index (χ4v) is 8.19. The third kappa shape index (κ3) is 6.60. The topological polar surface area (TPSA) is 149 Å². The summed E-state index contributed by atoms with van der Waals surface area (Å²) in [4.78, 5) is 25.2. The molecule has 4 N–H and O–H groups in total. The van der Waals surface area contributed by atoms with Crippen molar-refractivity contribution < 1.29 is 29.3 Å².